The molecule has 1 atom stereocenters. The van der Waals surface area contributed by atoms with E-state index < -0.39 is 5.54 Å². The van der Waals surface area contributed by atoms with Crippen LogP contribution in [0.5, 0.6) is 0 Å². The maximum Gasteiger partial charge on any atom is 0.248 e. The minimum atomic E-state index is -0.768. The number of carbonyl (C=O) groups is 2. The Kier molecular flexibility index (Phi) is 4.17. The molecule has 0 aliphatic carbocycles. The molecule has 0 aromatic rings. The van der Waals surface area contributed by atoms with E-state index in [9.17, 15) is 9.59 Å². The zero-order valence-corrected chi connectivity index (χ0v) is 11.5. The number of nitrogens with zero attached hydrogens (tertiary/aromatic N) is 1. The predicted octanol–water partition coefficient (Wildman–Crippen LogP) is 1.55. The van der Waals surface area contributed by atoms with Crippen molar-refractivity contribution in [3.8, 4) is 0 Å². The highest BCUT2D eigenvalue weighted by Crippen LogP contribution is 2.23. The summed E-state index contributed by atoms with van der Waals surface area (Å²) in [7, 11) is 0. The average Bonchev–Trinajstić information content (AvgIpc) is 2.24. The van der Waals surface area contributed by atoms with Crippen molar-refractivity contribution in [2.24, 2.45) is 5.92 Å². The highest BCUT2D eigenvalue weighted by molar-refractivity contribution is 5.97. The minimum Gasteiger partial charge on any atom is -0.341 e. The first-order valence-corrected chi connectivity index (χ1v) is 6.45. The number of hydrogen-bond acceptors (Lipinski definition) is 2. The number of rotatable bonds is 4. The van der Waals surface area contributed by atoms with E-state index in [2.05, 4.69) is 19.2 Å². The summed E-state index contributed by atoms with van der Waals surface area (Å²) in [5.41, 5.74) is -0.768. The fraction of sp³-hybridized carbons (Fsp3) is 0.846. The van der Waals surface area contributed by atoms with Gasteiger partial charge in [0.15, 0.2) is 0 Å². The molecule has 4 heteroatoms. The van der Waals surface area contributed by atoms with E-state index in [0.29, 0.717) is 5.92 Å². The standard InChI is InChI=1S/C13H24N2O2/c1-6-10(7-2)9(3)15-8-11(16)14-13(4,5)12(15)17/h9-10H,6-8H2,1-5H3,(H,14,16). The van der Waals surface area contributed by atoms with Gasteiger partial charge >= 0.3 is 0 Å². The Bertz CT molecular complexity index is 309. The molecular weight excluding hydrogens is 216 g/mol. The van der Waals surface area contributed by atoms with E-state index in [0.717, 1.165) is 12.8 Å². The van der Waals surface area contributed by atoms with Crippen molar-refractivity contribution in [2.75, 3.05) is 6.54 Å². The number of hydrogen-bond donors (Lipinski definition) is 1. The predicted molar refractivity (Wildman–Crippen MR) is 67.5 cm³/mol. The van der Waals surface area contributed by atoms with Gasteiger partial charge in [-0.3, -0.25) is 9.59 Å². The van der Waals surface area contributed by atoms with Crippen LogP contribution in [0.1, 0.15) is 47.5 Å². The summed E-state index contributed by atoms with van der Waals surface area (Å²) < 4.78 is 0. The van der Waals surface area contributed by atoms with Crippen LogP contribution in [0, 0.1) is 5.92 Å². The molecule has 1 aliphatic rings. The lowest BCUT2D eigenvalue weighted by atomic mass is 9.91. The molecule has 98 valence electrons. The van der Waals surface area contributed by atoms with Crippen molar-refractivity contribution in [3.05, 3.63) is 0 Å². The Morgan fingerprint density at radius 3 is 2.29 bits per heavy atom. The van der Waals surface area contributed by atoms with Gasteiger partial charge in [-0.15, -0.1) is 0 Å². The molecule has 0 aromatic heterocycles. The van der Waals surface area contributed by atoms with Crippen LogP contribution in [-0.2, 0) is 9.59 Å². The Morgan fingerprint density at radius 2 is 1.82 bits per heavy atom. The molecule has 1 N–H and O–H groups in total. The van der Waals surface area contributed by atoms with E-state index in [1.165, 1.54) is 0 Å². The van der Waals surface area contributed by atoms with Crippen molar-refractivity contribution in [1.29, 1.82) is 0 Å². The molecule has 1 rings (SSSR count). The molecule has 1 aliphatic heterocycles. The van der Waals surface area contributed by atoms with Gasteiger partial charge in [0, 0.05) is 6.04 Å². The molecule has 1 saturated heterocycles. The monoisotopic (exact) mass is 240 g/mol. The molecule has 0 saturated carbocycles. The van der Waals surface area contributed by atoms with E-state index in [-0.39, 0.29) is 24.4 Å². The van der Waals surface area contributed by atoms with Gasteiger partial charge in [0.1, 0.15) is 5.54 Å². The summed E-state index contributed by atoms with van der Waals surface area (Å²) in [5, 5.41) is 2.74. The lowest BCUT2D eigenvalue weighted by molar-refractivity contribution is -0.151. The first kappa shape index (κ1) is 14.0. The zero-order chi connectivity index (χ0) is 13.2. The number of piperazine rings is 1. The lowest BCUT2D eigenvalue weighted by Gasteiger charge is -2.42. The second-order valence-electron chi connectivity index (χ2n) is 5.42. The lowest BCUT2D eigenvalue weighted by Crippen LogP contribution is -2.66. The number of nitrogens with one attached hydrogen (secondary N) is 1. The Labute approximate surface area is 104 Å². The van der Waals surface area contributed by atoms with Crippen LogP contribution in [0.3, 0.4) is 0 Å². The molecule has 0 aromatic carbocycles. The molecule has 17 heavy (non-hydrogen) atoms. The Balaban J connectivity index is 2.88. The molecule has 1 unspecified atom stereocenters. The molecule has 4 nitrogen and oxygen atoms in total. The van der Waals surface area contributed by atoms with Gasteiger partial charge in [-0.2, -0.15) is 0 Å². The minimum absolute atomic E-state index is 0.0245. The third-order valence-corrected chi connectivity index (χ3v) is 3.78. The summed E-state index contributed by atoms with van der Waals surface area (Å²) in [6, 6.07) is 0.128. The Morgan fingerprint density at radius 1 is 1.29 bits per heavy atom. The Hall–Kier alpha value is -1.06. The SMILES string of the molecule is CCC(CC)C(C)N1CC(=O)NC(C)(C)C1=O. The summed E-state index contributed by atoms with van der Waals surface area (Å²) in [4.78, 5) is 25.6. The maximum absolute atomic E-state index is 12.3. The maximum atomic E-state index is 12.3. The van der Waals surface area contributed by atoms with Gasteiger partial charge in [0.2, 0.25) is 11.8 Å². The van der Waals surface area contributed by atoms with Crippen LogP contribution >= 0.6 is 0 Å². The van der Waals surface area contributed by atoms with Gasteiger partial charge in [-0.25, -0.2) is 0 Å². The first-order valence-electron chi connectivity index (χ1n) is 6.45. The van der Waals surface area contributed by atoms with Crippen LogP contribution in [0.4, 0.5) is 0 Å². The molecule has 1 heterocycles. The second-order valence-corrected chi connectivity index (χ2v) is 5.42. The molecule has 0 bridgehead atoms. The molecule has 1 fully saturated rings. The topological polar surface area (TPSA) is 49.4 Å². The van der Waals surface area contributed by atoms with Gasteiger partial charge in [0.25, 0.3) is 0 Å². The van der Waals surface area contributed by atoms with E-state index in [4.69, 9.17) is 0 Å². The normalized spacial score (nSPS) is 21.6. The van der Waals surface area contributed by atoms with Crippen LogP contribution in [0.15, 0.2) is 0 Å². The smallest absolute Gasteiger partial charge is 0.248 e. The van der Waals surface area contributed by atoms with Crippen LogP contribution in [0.25, 0.3) is 0 Å². The van der Waals surface area contributed by atoms with Gasteiger partial charge in [0.05, 0.1) is 6.54 Å². The van der Waals surface area contributed by atoms with Crippen LogP contribution in [0.2, 0.25) is 0 Å². The quantitative estimate of drug-likeness (QED) is 0.810. The highest BCUT2D eigenvalue weighted by atomic mass is 16.2. The third kappa shape index (κ3) is 2.79. The fourth-order valence-electron chi connectivity index (χ4n) is 2.58. The van der Waals surface area contributed by atoms with Crippen LogP contribution in [-0.4, -0.2) is 34.8 Å². The largest absolute Gasteiger partial charge is 0.341 e. The van der Waals surface area contributed by atoms with Crippen molar-refractivity contribution >= 4 is 11.8 Å². The summed E-state index contributed by atoms with van der Waals surface area (Å²) in [6.07, 6.45) is 2.06. The molecule has 0 radical (unpaired) electrons. The van der Waals surface area contributed by atoms with Crippen molar-refractivity contribution in [2.45, 2.75) is 59.0 Å². The molecule has 0 spiro atoms. The van der Waals surface area contributed by atoms with Gasteiger partial charge in [-0.1, -0.05) is 26.7 Å². The number of amides is 2. The summed E-state index contributed by atoms with van der Waals surface area (Å²) in [6.45, 7) is 10.0. The van der Waals surface area contributed by atoms with Crippen molar-refractivity contribution in [3.63, 3.8) is 0 Å². The highest BCUT2D eigenvalue weighted by Gasteiger charge is 2.41. The van der Waals surface area contributed by atoms with E-state index >= 15 is 0 Å². The second kappa shape index (κ2) is 5.07. The average molecular weight is 240 g/mol. The van der Waals surface area contributed by atoms with Gasteiger partial charge in [-0.05, 0) is 26.7 Å². The summed E-state index contributed by atoms with van der Waals surface area (Å²) in [5.74, 6) is 0.421. The first-order chi connectivity index (χ1) is 7.83. The molecular formula is C13H24N2O2. The number of carbonyl (C=O) groups excluding carboxylic acids is 2. The summed E-state index contributed by atoms with van der Waals surface area (Å²) >= 11 is 0. The van der Waals surface area contributed by atoms with Crippen molar-refractivity contribution < 1.29 is 9.59 Å². The fourth-order valence-corrected chi connectivity index (χ4v) is 2.58. The van der Waals surface area contributed by atoms with E-state index in [1.54, 1.807) is 18.7 Å². The van der Waals surface area contributed by atoms with Gasteiger partial charge < -0.3 is 10.2 Å². The third-order valence-electron chi connectivity index (χ3n) is 3.78. The van der Waals surface area contributed by atoms with E-state index in [1.807, 2.05) is 6.92 Å². The van der Waals surface area contributed by atoms with Crippen LogP contribution < -0.4 is 5.32 Å². The molecule has 2 amide bonds. The van der Waals surface area contributed by atoms with Crippen molar-refractivity contribution in [1.82, 2.24) is 10.2 Å². The zero-order valence-electron chi connectivity index (χ0n) is 11.5.